The van der Waals surface area contributed by atoms with Crippen LogP contribution in [0.3, 0.4) is 0 Å². The van der Waals surface area contributed by atoms with Crippen molar-refractivity contribution in [2.24, 2.45) is 0 Å². The fourth-order valence-electron chi connectivity index (χ4n) is 3.46. The molecule has 162 valence electrons. The van der Waals surface area contributed by atoms with Crippen molar-refractivity contribution < 1.29 is 23.8 Å². The molecule has 1 aliphatic heterocycles. The van der Waals surface area contributed by atoms with Crippen LogP contribution in [0.25, 0.3) is 0 Å². The minimum absolute atomic E-state index is 0.123. The smallest absolute Gasteiger partial charge is 0.254 e. The Hall–Kier alpha value is -2.64. The Labute approximate surface area is 176 Å². The first-order chi connectivity index (χ1) is 14.2. The van der Waals surface area contributed by atoms with Crippen LogP contribution < -0.4 is 9.47 Å². The maximum absolute atomic E-state index is 13.4. The van der Waals surface area contributed by atoms with Crippen LogP contribution >= 0.6 is 0 Å². The summed E-state index contributed by atoms with van der Waals surface area (Å²) in [6.07, 6.45) is -0.0991. The van der Waals surface area contributed by atoms with E-state index in [-0.39, 0.29) is 12.5 Å². The SMILES string of the molecule is CN(C)CCOc1cccc(C(=O)N2CC[C@H](Oc3cccc(F)c3)[C@@](C)(O)C2)c1. The molecule has 2 atom stereocenters. The summed E-state index contributed by atoms with van der Waals surface area (Å²) in [4.78, 5) is 16.6. The summed E-state index contributed by atoms with van der Waals surface area (Å²) in [6.45, 7) is 3.50. The Morgan fingerprint density at radius 2 is 1.97 bits per heavy atom. The van der Waals surface area contributed by atoms with E-state index in [0.29, 0.717) is 36.6 Å². The predicted molar refractivity (Wildman–Crippen MR) is 112 cm³/mol. The number of rotatable bonds is 7. The number of likely N-dealkylation sites (tertiary alicyclic amines) is 1. The minimum atomic E-state index is -1.26. The highest BCUT2D eigenvalue weighted by Gasteiger charge is 2.41. The molecule has 0 aromatic heterocycles. The molecule has 1 saturated heterocycles. The molecular formula is C23H29FN2O4. The van der Waals surface area contributed by atoms with E-state index in [2.05, 4.69) is 0 Å². The lowest BCUT2D eigenvalue weighted by Gasteiger charge is -2.42. The molecule has 2 aromatic carbocycles. The van der Waals surface area contributed by atoms with Crippen molar-refractivity contribution in [2.75, 3.05) is 40.3 Å². The lowest BCUT2D eigenvalue weighted by atomic mass is 9.91. The Morgan fingerprint density at radius 3 is 2.67 bits per heavy atom. The van der Waals surface area contributed by atoms with Gasteiger partial charge in [-0.25, -0.2) is 4.39 Å². The van der Waals surface area contributed by atoms with Crippen LogP contribution in [0.4, 0.5) is 4.39 Å². The average Bonchev–Trinajstić information content (AvgIpc) is 2.69. The van der Waals surface area contributed by atoms with Crippen molar-refractivity contribution >= 4 is 5.91 Å². The van der Waals surface area contributed by atoms with E-state index in [0.717, 1.165) is 6.54 Å². The van der Waals surface area contributed by atoms with Crippen molar-refractivity contribution in [1.29, 1.82) is 0 Å². The number of benzene rings is 2. The number of likely N-dealkylation sites (N-methyl/N-ethyl adjacent to an activating group) is 1. The molecule has 0 bridgehead atoms. The van der Waals surface area contributed by atoms with E-state index in [4.69, 9.17) is 9.47 Å². The molecule has 2 aromatic rings. The summed E-state index contributed by atoms with van der Waals surface area (Å²) in [5.41, 5.74) is -0.752. The van der Waals surface area contributed by atoms with Crippen LogP contribution in [-0.2, 0) is 0 Å². The number of halogens is 1. The highest BCUT2D eigenvalue weighted by Crippen LogP contribution is 2.28. The highest BCUT2D eigenvalue weighted by atomic mass is 19.1. The maximum atomic E-state index is 13.4. The van der Waals surface area contributed by atoms with Crippen molar-refractivity contribution in [3.05, 3.63) is 59.9 Å². The minimum Gasteiger partial charge on any atom is -0.492 e. The summed E-state index contributed by atoms with van der Waals surface area (Å²) >= 11 is 0. The molecule has 1 N–H and O–H groups in total. The van der Waals surface area contributed by atoms with Gasteiger partial charge in [-0.3, -0.25) is 4.79 Å². The number of hydrogen-bond donors (Lipinski definition) is 1. The third kappa shape index (κ3) is 5.70. The molecule has 0 unspecified atom stereocenters. The maximum Gasteiger partial charge on any atom is 0.254 e. The first-order valence-electron chi connectivity index (χ1n) is 10.1. The molecule has 1 aliphatic rings. The third-order valence-corrected chi connectivity index (χ3v) is 5.12. The largest absolute Gasteiger partial charge is 0.492 e. The summed E-state index contributed by atoms with van der Waals surface area (Å²) in [6, 6.07) is 12.9. The van der Waals surface area contributed by atoms with Crippen molar-refractivity contribution in [3.63, 3.8) is 0 Å². The normalized spacial score (nSPS) is 21.5. The van der Waals surface area contributed by atoms with E-state index >= 15 is 0 Å². The van der Waals surface area contributed by atoms with E-state index in [1.807, 2.05) is 25.1 Å². The molecule has 1 heterocycles. The lowest BCUT2D eigenvalue weighted by molar-refractivity contribution is -0.0900. The van der Waals surface area contributed by atoms with Gasteiger partial charge in [-0.2, -0.15) is 0 Å². The topological polar surface area (TPSA) is 62.2 Å². The number of aliphatic hydroxyl groups is 1. The fourth-order valence-corrected chi connectivity index (χ4v) is 3.46. The number of piperidine rings is 1. The monoisotopic (exact) mass is 416 g/mol. The average molecular weight is 416 g/mol. The number of carbonyl (C=O) groups excluding carboxylic acids is 1. The second-order valence-electron chi connectivity index (χ2n) is 8.12. The van der Waals surface area contributed by atoms with Gasteiger partial charge in [-0.1, -0.05) is 12.1 Å². The molecule has 0 spiro atoms. The van der Waals surface area contributed by atoms with Gasteiger partial charge in [-0.05, 0) is 51.4 Å². The number of hydrogen-bond acceptors (Lipinski definition) is 5. The highest BCUT2D eigenvalue weighted by molar-refractivity contribution is 5.94. The molecule has 6 nitrogen and oxygen atoms in total. The van der Waals surface area contributed by atoms with E-state index in [9.17, 15) is 14.3 Å². The van der Waals surface area contributed by atoms with Gasteiger partial charge in [0, 0.05) is 31.1 Å². The predicted octanol–water partition coefficient (Wildman–Crippen LogP) is 2.81. The van der Waals surface area contributed by atoms with Crippen molar-refractivity contribution in [2.45, 2.75) is 25.0 Å². The van der Waals surface area contributed by atoms with E-state index in [1.165, 1.54) is 12.1 Å². The van der Waals surface area contributed by atoms with Crippen LogP contribution in [0.2, 0.25) is 0 Å². The quantitative estimate of drug-likeness (QED) is 0.752. The van der Waals surface area contributed by atoms with Gasteiger partial charge in [0.25, 0.3) is 5.91 Å². The molecule has 30 heavy (non-hydrogen) atoms. The first-order valence-corrected chi connectivity index (χ1v) is 10.1. The van der Waals surface area contributed by atoms with Gasteiger partial charge in [0.05, 0.1) is 6.54 Å². The van der Waals surface area contributed by atoms with Crippen LogP contribution in [0.15, 0.2) is 48.5 Å². The van der Waals surface area contributed by atoms with Crippen molar-refractivity contribution in [3.8, 4) is 11.5 Å². The van der Waals surface area contributed by atoms with Gasteiger partial charge in [0.2, 0.25) is 0 Å². The molecule has 3 rings (SSSR count). The van der Waals surface area contributed by atoms with E-state index in [1.54, 1.807) is 42.2 Å². The Morgan fingerprint density at radius 1 is 1.23 bits per heavy atom. The molecule has 0 aliphatic carbocycles. The lowest BCUT2D eigenvalue weighted by Crippen LogP contribution is -2.58. The molecular weight excluding hydrogens is 387 g/mol. The van der Waals surface area contributed by atoms with Crippen LogP contribution in [0, 0.1) is 5.82 Å². The zero-order valence-electron chi connectivity index (χ0n) is 17.7. The van der Waals surface area contributed by atoms with Crippen LogP contribution in [0.1, 0.15) is 23.7 Å². The molecule has 0 saturated carbocycles. The zero-order valence-corrected chi connectivity index (χ0v) is 17.7. The molecule has 0 radical (unpaired) electrons. The fraction of sp³-hybridized carbons (Fsp3) is 0.435. The van der Waals surface area contributed by atoms with Gasteiger partial charge in [-0.15, -0.1) is 0 Å². The summed E-state index contributed by atoms with van der Waals surface area (Å²) in [5, 5.41) is 10.9. The molecule has 1 fully saturated rings. The van der Waals surface area contributed by atoms with Gasteiger partial charge < -0.3 is 24.4 Å². The Balaban J connectivity index is 1.63. The zero-order chi connectivity index (χ0) is 21.7. The number of amides is 1. The van der Waals surface area contributed by atoms with Gasteiger partial charge in [0.15, 0.2) is 0 Å². The van der Waals surface area contributed by atoms with Gasteiger partial charge in [0.1, 0.15) is 35.6 Å². The number of ether oxygens (including phenoxy) is 2. The third-order valence-electron chi connectivity index (χ3n) is 5.12. The standard InChI is InChI=1S/C23H29FN2O4/c1-23(28)16-26(11-10-21(23)30-20-9-5-7-18(24)15-20)22(27)17-6-4-8-19(14-17)29-13-12-25(2)3/h4-9,14-15,21,28H,10-13,16H2,1-3H3/t21-,23-/m0/s1. The first kappa shape index (κ1) is 22.1. The van der Waals surface area contributed by atoms with Gasteiger partial charge >= 0.3 is 0 Å². The van der Waals surface area contributed by atoms with Crippen molar-refractivity contribution in [1.82, 2.24) is 9.80 Å². The second kappa shape index (κ2) is 9.45. The number of carbonyl (C=O) groups is 1. The summed E-state index contributed by atoms with van der Waals surface area (Å²) in [7, 11) is 3.94. The second-order valence-corrected chi connectivity index (χ2v) is 8.12. The van der Waals surface area contributed by atoms with Crippen LogP contribution in [-0.4, -0.2) is 72.9 Å². The summed E-state index contributed by atoms with van der Waals surface area (Å²) in [5.74, 6) is 0.436. The Bertz CT molecular complexity index is 872. The molecule has 1 amide bonds. The Kier molecular flexibility index (Phi) is 6.95. The molecule has 7 heteroatoms. The van der Waals surface area contributed by atoms with Crippen LogP contribution in [0.5, 0.6) is 11.5 Å². The number of β-amino-alcohol motifs (C(OH)–C–C–N with tert-alkyl or cyclic N) is 1. The summed E-state index contributed by atoms with van der Waals surface area (Å²) < 4.78 is 24.9. The number of nitrogens with zero attached hydrogens (tertiary/aromatic N) is 2. The van der Waals surface area contributed by atoms with E-state index < -0.39 is 17.5 Å².